The average Bonchev–Trinajstić information content (AvgIpc) is 3.80. The van der Waals surface area contributed by atoms with Crippen LogP contribution in [0.4, 0.5) is 4.39 Å². The van der Waals surface area contributed by atoms with Crippen LogP contribution in [-0.4, -0.2) is 93.1 Å². The van der Waals surface area contributed by atoms with Gasteiger partial charge in [-0.25, -0.2) is 4.39 Å². The van der Waals surface area contributed by atoms with Crippen LogP contribution in [0.3, 0.4) is 0 Å². The first-order valence-electron chi connectivity index (χ1n) is 16.7. The molecule has 0 saturated carbocycles. The minimum absolute atomic E-state index is 0.0677. The third kappa shape index (κ3) is 6.27. The number of aryl methyl sites for hydroxylation is 1. The third-order valence-electron chi connectivity index (χ3n) is 10.4. The molecule has 1 N–H and O–H groups in total. The van der Waals surface area contributed by atoms with Gasteiger partial charge in [-0.3, -0.25) is 14.6 Å². The number of amides is 2. The maximum atomic E-state index is 14.6. The second-order valence-electron chi connectivity index (χ2n) is 14.1. The molecule has 0 bridgehead atoms. The van der Waals surface area contributed by atoms with Gasteiger partial charge in [-0.05, 0) is 107 Å². The Morgan fingerprint density at radius 1 is 1.09 bits per heavy atom. The van der Waals surface area contributed by atoms with Crippen LogP contribution < -0.4 is 0 Å². The second kappa shape index (κ2) is 13.1. The fraction of sp³-hybridized carbons (Fsp3) is 0.556. The number of hydrogen-bond donors (Lipinski definition) is 1. The molecule has 5 heterocycles. The molecule has 3 aromatic rings. The van der Waals surface area contributed by atoms with E-state index in [1.807, 2.05) is 21.9 Å². The van der Waals surface area contributed by atoms with Crippen LogP contribution >= 0.6 is 0 Å². The van der Waals surface area contributed by atoms with Gasteiger partial charge in [0.15, 0.2) is 0 Å². The lowest BCUT2D eigenvalue weighted by Gasteiger charge is -2.36. The van der Waals surface area contributed by atoms with Gasteiger partial charge in [0.05, 0.1) is 41.7 Å². The first kappa shape index (κ1) is 32.1. The highest BCUT2D eigenvalue weighted by molar-refractivity contribution is 5.99. The van der Waals surface area contributed by atoms with Crippen LogP contribution in [0.15, 0.2) is 36.8 Å². The average molecular weight is 629 g/mol. The molecule has 3 aliphatic heterocycles. The number of benzene rings is 1. The van der Waals surface area contributed by atoms with E-state index in [9.17, 15) is 24.3 Å². The van der Waals surface area contributed by atoms with Gasteiger partial charge < -0.3 is 24.4 Å². The van der Waals surface area contributed by atoms with E-state index in [0.717, 1.165) is 74.6 Å². The van der Waals surface area contributed by atoms with Crippen molar-refractivity contribution < 1.29 is 19.1 Å². The van der Waals surface area contributed by atoms with Gasteiger partial charge in [0.2, 0.25) is 5.91 Å². The van der Waals surface area contributed by atoms with Crippen molar-refractivity contribution in [2.45, 2.75) is 65.3 Å². The predicted molar refractivity (Wildman–Crippen MR) is 174 cm³/mol. The summed E-state index contributed by atoms with van der Waals surface area (Å²) in [6.45, 7) is 10.4. The van der Waals surface area contributed by atoms with Crippen molar-refractivity contribution in [3.63, 3.8) is 0 Å². The number of carbonyl (C=O) groups excluding carboxylic acids is 2. The number of likely N-dealkylation sites (tertiary alicyclic amines) is 3. The molecular formula is C36H45FN6O3. The highest BCUT2D eigenvalue weighted by Gasteiger charge is 2.35. The number of nitrogens with zero attached hydrogens (tertiary/aromatic N) is 6. The molecule has 0 radical (unpaired) electrons. The Morgan fingerprint density at radius 2 is 1.85 bits per heavy atom. The van der Waals surface area contributed by atoms with Crippen molar-refractivity contribution in [2.24, 2.45) is 17.3 Å². The number of halogens is 1. The summed E-state index contributed by atoms with van der Waals surface area (Å²) >= 11 is 0. The smallest absolute Gasteiger partial charge is 0.256 e. The predicted octanol–water partition coefficient (Wildman–Crippen LogP) is 4.72. The topological polar surface area (TPSA) is 106 Å². The van der Waals surface area contributed by atoms with Crippen LogP contribution in [0.1, 0.15) is 67.4 Å². The number of nitriles is 1. The van der Waals surface area contributed by atoms with Crippen molar-refractivity contribution >= 4 is 22.7 Å². The Bertz CT molecular complexity index is 1650. The zero-order valence-electron chi connectivity index (χ0n) is 27.2. The summed E-state index contributed by atoms with van der Waals surface area (Å²) in [4.78, 5) is 37.0. The summed E-state index contributed by atoms with van der Waals surface area (Å²) in [7, 11) is 0. The molecule has 9 nitrogen and oxygen atoms in total. The van der Waals surface area contributed by atoms with E-state index in [4.69, 9.17) is 0 Å². The number of carbonyl (C=O) groups is 2. The van der Waals surface area contributed by atoms with Crippen LogP contribution in [0.5, 0.6) is 0 Å². The minimum atomic E-state index is -0.975. The third-order valence-corrected chi connectivity index (χ3v) is 10.4. The van der Waals surface area contributed by atoms with E-state index in [1.54, 1.807) is 24.8 Å². The van der Waals surface area contributed by atoms with E-state index in [-0.39, 0.29) is 24.5 Å². The number of fused-ring (bicyclic) bond motifs is 1. The van der Waals surface area contributed by atoms with Crippen LogP contribution in [0.25, 0.3) is 16.6 Å². The van der Waals surface area contributed by atoms with E-state index >= 15 is 0 Å². The van der Waals surface area contributed by atoms with Gasteiger partial charge >= 0.3 is 0 Å². The van der Waals surface area contributed by atoms with Crippen molar-refractivity contribution in [3.05, 3.63) is 59.3 Å². The number of piperidine rings is 1. The zero-order valence-corrected chi connectivity index (χ0v) is 27.2. The number of aliphatic hydroxyl groups is 1. The molecule has 3 fully saturated rings. The zero-order chi connectivity index (χ0) is 32.6. The Hall–Kier alpha value is -3.81. The Labute approximate surface area is 270 Å². The number of aliphatic hydroxyl groups excluding tert-OH is 1. The summed E-state index contributed by atoms with van der Waals surface area (Å²) in [5, 5.41) is 20.3. The lowest BCUT2D eigenvalue weighted by molar-refractivity contribution is -0.139. The molecular weight excluding hydrogens is 583 g/mol. The lowest BCUT2D eigenvalue weighted by atomic mass is 9.90. The maximum Gasteiger partial charge on any atom is 0.256 e. The second-order valence-corrected chi connectivity index (χ2v) is 14.1. The van der Waals surface area contributed by atoms with Crippen LogP contribution in [-0.2, 0) is 11.2 Å². The standard InChI is InChI=1S/C36H45FN6O3/c1-24-17-39-18-32-33(24)27(21-43(32)31-7-6-28(37)16-30(31)34(45)42-11-4-5-29(42)22-44)15-26-8-12-40(20-26)19-25-9-13-41(14-10-25)35(46)36(2,3)23-38/h6-7,16-18,21,25-26,29,44H,4-5,8-15,19-20,22H2,1-3H3/t26-,29-/m0/s1. The van der Waals surface area contributed by atoms with Gasteiger partial charge in [-0.15, -0.1) is 0 Å². The molecule has 46 heavy (non-hydrogen) atoms. The Morgan fingerprint density at radius 3 is 2.59 bits per heavy atom. The van der Waals surface area contributed by atoms with Crippen LogP contribution in [0, 0.1) is 41.3 Å². The first-order valence-corrected chi connectivity index (χ1v) is 16.7. The molecule has 2 amide bonds. The Balaban J connectivity index is 1.17. The van der Waals surface area contributed by atoms with E-state index < -0.39 is 11.2 Å². The van der Waals surface area contributed by atoms with Crippen LogP contribution in [0.2, 0.25) is 0 Å². The molecule has 0 aliphatic carbocycles. The Kier molecular flexibility index (Phi) is 9.17. The van der Waals surface area contributed by atoms with Gasteiger partial charge in [-0.1, -0.05) is 0 Å². The SMILES string of the molecule is Cc1cncc2c1c(C[C@@H]1CCN(CC3CCN(C(=O)C(C)(C)C#N)CC3)C1)cn2-c1ccc(F)cc1C(=O)N1CCC[C@H]1CO. The summed E-state index contributed by atoms with van der Waals surface area (Å²) in [5.74, 6) is 0.229. The van der Waals surface area contributed by atoms with E-state index in [2.05, 4.69) is 29.1 Å². The molecule has 0 spiro atoms. The summed E-state index contributed by atoms with van der Waals surface area (Å²) < 4.78 is 16.6. The highest BCUT2D eigenvalue weighted by Crippen LogP contribution is 2.34. The van der Waals surface area contributed by atoms with Gasteiger partial charge in [0.1, 0.15) is 11.2 Å². The minimum Gasteiger partial charge on any atom is -0.394 e. The fourth-order valence-corrected chi connectivity index (χ4v) is 7.82. The van der Waals surface area contributed by atoms with Crippen molar-refractivity contribution in [1.29, 1.82) is 5.26 Å². The molecule has 3 saturated heterocycles. The maximum absolute atomic E-state index is 14.6. The fourth-order valence-electron chi connectivity index (χ4n) is 7.82. The number of hydrogen-bond acceptors (Lipinski definition) is 6. The highest BCUT2D eigenvalue weighted by atomic mass is 19.1. The van der Waals surface area contributed by atoms with E-state index in [1.165, 1.54) is 17.7 Å². The van der Waals surface area contributed by atoms with Gasteiger partial charge in [-0.2, -0.15) is 5.26 Å². The molecule has 6 rings (SSSR count). The molecule has 1 aromatic carbocycles. The molecule has 244 valence electrons. The van der Waals surface area contributed by atoms with Gasteiger partial charge in [0, 0.05) is 50.5 Å². The normalized spacial score (nSPS) is 21.3. The van der Waals surface area contributed by atoms with Crippen molar-refractivity contribution in [2.75, 3.05) is 45.9 Å². The van der Waals surface area contributed by atoms with Gasteiger partial charge in [0.25, 0.3) is 5.91 Å². The summed E-state index contributed by atoms with van der Waals surface area (Å²) in [6.07, 6.45) is 11.3. The number of pyridine rings is 1. The van der Waals surface area contributed by atoms with Crippen molar-refractivity contribution in [3.8, 4) is 11.8 Å². The molecule has 2 aromatic heterocycles. The van der Waals surface area contributed by atoms with Crippen molar-refractivity contribution in [1.82, 2.24) is 24.3 Å². The first-order chi connectivity index (χ1) is 22.1. The number of rotatable bonds is 8. The largest absolute Gasteiger partial charge is 0.394 e. The molecule has 10 heteroatoms. The van der Waals surface area contributed by atoms with E-state index in [0.29, 0.717) is 42.7 Å². The molecule has 0 unspecified atom stereocenters. The summed E-state index contributed by atoms with van der Waals surface area (Å²) in [6, 6.07) is 6.28. The lowest BCUT2D eigenvalue weighted by Crippen LogP contribution is -2.46. The monoisotopic (exact) mass is 628 g/mol. The number of aromatic nitrogens is 2. The quantitative estimate of drug-likeness (QED) is 0.387. The summed E-state index contributed by atoms with van der Waals surface area (Å²) in [5.41, 5.74) is 3.10. The molecule has 3 aliphatic rings. The molecule has 2 atom stereocenters.